The molecule has 1 aliphatic heterocycles. The highest BCUT2D eigenvalue weighted by Crippen LogP contribution is 2.23. The maximum atomic E-state index is 13.1. The predicted octanol–water partition coefficient (Wildman–Crippen LogP) is 2.15. The van der Waals surface area contributed by atoms with Crippen LogP contribution in [0.3, 0.4) is 0 Å². The number of amides is 2. The van der Waals surface area contributed by atoms with Gasteiger partial charge in [0.15, 0.2) is 0 Å². The molecule has 1 fully saturated rings. The average molecular weight is 401 g/mol. The fourth-order valence-corrected chi connectivity index (χ4v) is 3.64. The summed E-state index contributed by atoms with van der Waals surface area (Å²) in [7, 11) is 5.58. The molecule has 1 N–H and O–H groups in total. The van der Waals surface area contributed by atoms with Crippen LogP contribution in [-0.2, 0) is 18.3 Å². The van der Waals surface area contributed by atoms with Crippen LogP contribution in [0.1, 0.15) is 28.9 Å². The summed E-state index contributed by atoms with van der Waals surface area (Å²) < 4.78 is 14.7. The van der Waals surface area contributed by atoms with Crippen molar-refractivity contribution in [2.45, 2.75) is 19.3 Å². The number of likely N-dealkylation sites (tertiary alicyclic amines) is 1. The van der Waals surface area contributed by atoms with Crippen molar-refractivity contribution in [1.29, 1.82) is 0 Å². The lowest BCUT2D eigenvalue weighted by molar-refractivity contribution is -0.133. The molecule has 8 heteroatoms. The van der Waals surface area contributed by atoms with Gasteiger partial charge in [0.05, 0.1) is 17.8 Å². The number of carbonyl (C=O) groups is 2. The summed E-state index contributed by atoms with van der Waals surface area (Å²) in [6, 6.07) is 5.68. The number of benzene rings is 1. The minimum atomic E-state index is -0.347. The van der Waals surface area contributed by atoms with E-state index >= 15 is 0 Å². The van der Waals surface area contributed by atoms with Gasteiger partial charge in [-0.1, -0.05) is 0 Å². The Morgan fingerprint density at radius 3 is 2.48 bits per heavy atom. The summed E-state index contributed by atoms with van der Waals surface area (Å²) in [5, 5.41) is 7.28. The molecule has 2 aromatic rings. The van der Waals surface area contributed by atoms with E-state index < -0.39 is 0 Å². The topological polar surface area (TPSA) is 70.5 Å². The van der Waals surface area contributed by atoms with Crippen LogP contribution in [0, 0.1) is 11.7 Å². The van der Waals surface area contributed by atoms with E-state index in [2.05, 4.69) is 10.4 Å². The normalized spacial score (nSPS) is 15.0. The maximum absolute atomic E-state index is 13.1. The Bertz CT molecular complexity index is 854. The zero-order chi connectivity index (χ0) is 21.0. The van der Waals surface area contributed by atoms with E-state index in [1.807, 2.05) is 23.9 Å². The molecule has 156 valence electrons. The molecule has 0 atom stereocenters. The number of carbonyl (C=O) groups excluding carboxylic acids is 2. The van der Waals surface area contributed by atoms with Crippen LogP contribution in [0.2, 0.25) is 0 Å². The maximum Gasteiger partial charge on any atom is 0.259 e. The number of hydrogen-bond acceptors (Lipinski definition) is 4. The van der Waals surface area contributed by atoms with Crippen LogP contribution in [0.25, 0.3) is 0 Å². The zero-order valence-corrected chi connectivity index (χ0v) is 17.2. The van der Waals surface area contributed by atoms with Crippen LogP contribution in [0.5, 0.6) is 0 Å². The number of rotatable bonds is 6. The number of nitrogens with zero attached hydrogens (tertiary/aromatic N) is 4. The lowest BCUT2D eigenvalue weighted by atomic mass is 9.91. The molecule has 29 heavy (non-hydrogen) atoms. The first-order chi connectivity index (χ1) is 13.8. The number of piperidine rings is 1. The lowest BCUT2D eigenvalue weighted by Crippen LogP contribution is -2.43. The van der Waals surface area contributed by atoms with E-state index in [0.29, 0.717) is 30.1 Å². The molecule has 0 bridgehead atoms. The van der Waals surface area contributed by atoms with E-state index in [4.69, 9.17) is 0 Å². The van der Waals surface area contributed by atoms with Crippen LogP contribution < -0.4 is 5.32 Å². The number of hydrogen-bond donors (Lipinski definition) is 1. The van der Waals surface area contributed by atoms with E-state index in [0.717, 1.165) is 31.6 Å². The second kappa shape index (κ2) is 9.17. The van der Waals surface area contributed by atoms with Gasteiger partial charge in [0, 0.05) is 32.0 Å². The molecule has 3 rings (SSSR count). The average Bonchev–Trinajstić information content (AvgIpc) is 3.04. The fourth-order valence-electron chi connectivity index (χ4n) is 3.64. The Morgan fingerprint density at radius 1 is 1.21 bits per heavy atom. The number of anilines is 1. The molecule has 0 saturated carbocycles. The highest BCUT2D eigenvalue weighted by Gasteiger charge is 2.25. The monoisotopic (exact) mass is 401 g/mol. The minimum Gasteiger partial charge on any atom is -0.342 e. The van der Waals surface area contributed by atoms with Gasteiger partial charge in [0.1, 0.15) is 5.82 Å². The Balaban J connectivity index is 1.60. The first kappa shape index (κ1) is 21.0. The third-order valence-electron chi connectivity index (χ3n) is 5.15. The van der Waals surface area contributed by atoms with Crippen molar-refractivity contribution in [3.8, 4) is 0 Å². The van der Waals surface area contributed by atoms with Gasteiger partial charge in [0.25, 0.3) is 5.91 Å². The molecule has 1 aromatic carbocycles. The Hall–Kier alpha value is -2.74. The number of nitrogens with one attached hydrogen (secondary N) is 1. The fraction of sp³-hybridized carbons (Fsp3) is 0.476. The van der Waals surface area contributed by atoms with Crippen molar-refractivity contribution in [3.05, 3.63) is 47.5 Å². The predicted molar refractivity (Wildman–Crippen MR) is 109 cm³/mol. The second-order valence-corrected chi connectivity index (χ2v) is 7.89. The molecule has 0 unspecified atom stereocenters. The van der Waals surface area contributed by atoms with Gasteiger partial charge in [-0.3, -0.25) is 14.3 Å². The SMILES string of the molecule is CN(C)CC(=O)N1CCC(Cc2nn(C)cc2C(=O)Nc2ccc(F)cc2)CC1. The summed E-state index contributed by atoms with van der Waals surface area (Å²) in [6.07, 6.45) is 4.20. The Morgan fingerprint density at radius 2 is 1.86 bits per heavy atom. The number of likely N-dealkylation sites (N-methyl/N-ethyl adjacent to an activating group) is 1. The summed E-state index contributed by atoms with van der Waals surface area (Å²) in [4.78, 5) is 28.7. The molecule has 0 aliphatic carbocycles. The number of aromatic nitrogens is 2. The highest BCUT2D eigenvalue weighted by atomic mass is 19.1. The van der Waals surface area contributed by atoms with Crippen LogP contribution in [0.15, 0.2) is 30.5 Å². The van der Waals surface area contributed by atoms with Gasteiger partial charge in [-0.05, 0) is 63.5 Å². The molecule has 1 aliphatic rings. The van der Waals surface area contributed by atoms with Crippen molar-refractivity contribution in [3.63, 3.8) is 0 Å². The van der Waals surface area contributed by atoms with Gasteiger partial charge in [-0.15, -0.1) is 0 Å². The van der Waals surface area contributed by atoms with Crippen molar-refractivity contribution in [1.82, 2.24) is 19.6 Å². The van der Waals surface area contributed by atoms with Gasteiger partial charge in [0.2, 0.25) is 5.91 Å². The number of halogens is 1. The third-order valence-corrected chi connectivity index (χ3v) is 5.15. The van der Waals surface area contributed by atoms with E-state index in [1.54, 1.807) is 17.9 Å². The zero-order valence-electron chi connectivity index (χ0n) is 17.2. The molecule has 7 nitrogen and oxygen atoms in total. The summed E-state index contributed by atoms with van der Waals surface area (Å²) in [6.45, 7) is 1.90. The van der Waals surface area contributed by atoms with E-state index in [-0.39, 0.29) is 17.6 Å². The molecule has 2 amide bonds. The van der Waals surface area contributed by atoms with Gasteiger partial charge < -0.3 is 15.1 Å². The summed E-state index contributed by atoms with van der Waals surface area (Å²) in [5.41, 5.74) is 1.83. The van der Waals surface area contributed by atoms with Crippen molar-refractivity contribution < 1.29 is 14.0 Å². The summed E-state index contributed by atoms with van der Waals surface area (Å²) in [5.74, 6) is -0.0601. The van der Waals surface area contributed by atoms with Gasteiger partial charge in [-0.25, -0.2) is 4.39 Å². The molecule has 1 saturated heterocycles. The van der Waals surface area contributed by atoms with Gasteiger partial charge >= 0.3 is 0 Å². The first-order valence-electron chi connectivity index (χ1n) is 9.83. The van der Waals surface area contributed by atoms with Crippen LogP contribution in [0.4, 0.5) is 10.1 Å². The first-order valence-corrected chi connectivity index (χ1v) is 9.83. The molecular formula is C21H28FN5O2. The molecule has 0 spiro atoms. The third kappa shape index (κ3) is 5.63. The lowest BCUT2D eigenvalue weighted by Gasteiger charge is -2.32. The molecule has 1 aromatic heterocycles. The molecule has 2 heterocycles. The molecular weight excluding hydrogens is 373 g/mol. The van der Waals surface area contributed by atoms with Crippen LogP contribution >= 0.6 is 0 Å². The molecule has 0 radical (unpaired) electrons. The van der Waals surface area contributed by atoms with E-state index in [9.17, 15) is 14.0 Å². The van der Waals surface area contributed by atoms with Gasteiger partial charge in [-0.2, -0.15) is 5.10 Å². The standard InChI is InChI=1S/C21H28FN5O2/c1-25(2)14-20(28)27-10-8-15(9-11-27)12-19-18(13-26(3)24-19)21(29)23-17-6-4-16(22)5-7-17/h4-7,13,15H,8-12,14H2,1-3H3,(H,23,29). The highest BCUT2D eigenvalue weighted by molar-refractivity contribution is 6.04. The van der Waals surface area contributed by atoms with Crippen molar-refractivity contribution in [2.75, 3.05) is 39.0 Å². The van der Waals surface area contributed by atoms with Crippen molar-refractivity contribution >= 4 is 17.5 Å². The summed E-state index contributed by atoms with van der Waals surface area (Å²) >= 11 is 0. The largest absolute Gasteiger partial charge is 0.342 e. The second-order valence-electron chi connectivity index (χ2n) is 7.89. The van der Waals surface area contributed by atoms with E-state index in [1.165, 1.54) is 24.3 Å². The Labute approximate surface area is 170 Å². The Kier molecular flexibility index (Phi) is 6.64. The van der Waals surface area contributed by atoms with Crippen molar-refractivity contribution in [2.24, 2.45) is 13.0 Å². The minimum absolute atomic E-state index is 0.158. The van der Waals surface area contributed by atoms with Crippen LogP contribution in [-0.4, -0.2) is 65.1 Å². The quantitative estimate of drug-likeness (QED) is 0.805. The number of aryl methyl sites for hydroxylation is 1. The smallest absolute Gasteiger partial charge is 0.259 e.